The summed E-state index contributed by atoms with van der Waals surface area (Å²) in [4.78, 5) is 50.8. The fourth-order valence-electron chi connectivity index (χ4n) is 7.01. The van der Waals surface area contributed by atoms with Gasteiger partial charge in [0, 0.05) is 0 Å². The Labute approximate surface area is 360 Å². The monoisotopic (exact) mass is 834 g/mol. The maximum atomic E-state index is 14.0. The SMILES string of the molecule is O=C(OB(OC(=O)c1ccccc1)OC(=O)c1ccccc1)c1ccccc1.O=C(OP(c1ccccc1)(c1ccccc1)(c1ccccc1)c1ccccc1)c1ccccc1. The number of carbonyl (C=O) groups excluding carboxylic acids is 4. The Morgan fingerprint density at radius 1 is 0.274 bits per heavy atom. The molecular formula is C52H40BO8P. The molecule has 0 aliphatic heterocycles. The van der Waals surface area contributed by atoms with E-state index in [9.17, 15) is 19.2 Å². The molecule has 304 valence electrons. The molecule has 0 aliphatic rings. The summed E-state index contributed by atoms with van der Waals surface area (Å²) < 4.78 is 22.3. The van der Waals surface area contributed by atoms with Crippen LogP contribution in [-0.2, 0) is 18.5 Å². The summed E-state index contributed by atoms with van der Waals surface area (Å²) in [7, 11) is -1.84. The molecule has 10 heteroatoms. The third-order valence-corrected chi connectivity index (χ3v) is 15.6. The van der Waals surface area contributed by atoms with Gasteiger partial charge in [0.25, 0.3) is 0 Å². The summed E-state index contributed by atoms with van der Waals surface area (Å²) in [6.45, 7) is -3.98. The van der Waals surface area contributed by atoms with Crippen molar-refractivity contribution < 1.29 is 37.7 Å². The second kappa shape index (κ2) is 19.9. The summed E-state index contributed by atoms with van der Waals surface area (Å²) in [5.41, 5.74) is 1.19. The van der Waals surface area contributed by atoms with Gasteiger partial charge in [-0.05, 0) is 36.4 Å². The van der Waals surface area contributed by atoms with E-state index in [1.54, 1.807) is 66.7 Å². The molecule has 8 aromatic carbocycles. The van der Waals surface area contributed by atoms with Crippen LogP contribution in [0.4, 0.5) is 0 Å². The van der Waals surface area contributed by atoms with E-state index in [4.69, 9.17) is 18.5 Å². The molecule has 62 heavy (non-hydrogen) atoms. The average Bonchev–Trinajstić information content (AvgIpc) is 3.35. The Kier molecular flexibility index (Phi) is 13.6. The first-order chi connectivity index (χ1) is 30.4. The van der Waals surface area contributed by atoms with E-state index in [0.29, 0.717) is 5.56 Å². The fraction of sp³-hybridized carbons (Fsp3) is 0. The van der Waals surface area contributed by atoms with Crippen LogP contribution in [-0.4, -0.2) is 31.2 Å². The maximum absolute atomic E-state index is 14.0. The van der Waals surface area contributed by atoms with E-state index in [1.165, 1.54) is 36.4 Å². The van der Waals surface area contributed by atoms with Crippen LogP contribution in [0.25, 0.3) is 0 Å². The number of carbonyl (C=O) groups is 4. The van der Waals surface area contributed by atoms with Crippen molar-refractivity contribution in [1.29, 1.82) is 0 Å². The molecule has 0 unspecified atom stereocenters. The van der Waals surface area contributed by atoms with Crippen molar-refractivity contribution in [3.63, 3.8) is 0 Å². The van der Waals surface area contributed by atoms with Crippen LogP contribution < -0.4 is 21.2 Å². The van der Waals surface area contributed by atoms with Gasteiger partial charge in [0.2, 0.25) is 0 Å². The van der Waals surface area contributed by atoms with Gasteiger partial charge in [-0.25, -0.2) is 14.4 Å². The van der Waals surface area contributed by atoms with Crippen LogP contribution in [0.5, 0.6) is 0 Å². The van der Waals surface area contributed by atoms with Crippen molar-refractivity contribution in [2.45, 2.75) is 0 Å². The Balaban J connectivity index is 0.000000190. The second-order valence-corrected chi connectivity index (χ2v) is 18.0. The van der Waals surface area contributed by atoms with Gasteiger partial charge in [-0.2, -0.15) is 0 Å². The summed E-state index contributed by atoms with van der Waals surface area (Å²) in [6, 6.07) is 74.3. The molecule has 0 spiro atoms. The molecule has 0 atom stereocenters. The predicted octanol–water partition coefficient (Wildman–Crippen LogP) is 9.16. The zero-order valence-corrected chi connectivity index (χ0v) is 34.3. The van der Waals surface area contributed by atoms with Gasteiger partial charge < -0.3 is 14.0 Å². The van der Waals surface area contributed by atoms with Gasteiger partial charge in [-0.3, -0.25) is 0 Å². The molecule has 0 radical (unpaired) electrons. The molecule has 0 fully saturated rings. The van der Waals surface area contributed by atoms with E-state index in [1.807, 2.05) is 91.0 Å². The van der Waals surface area contributed by atoms with Crippen LogP contribution in [0.15, 0.2) is 243 Å². The molecule has 0 bridgehead atoms. The van der Waals surface area contributed by atoms with E-state index < -0.39 is 32.1 Å². The van der Waals surface area contributed by atoms with Gasteiger partial charge in [-0.1, -0.05) is 54.6 Å². The van der Waals surface area contributed by atoms with Crippen molar-refractivity contribution in [1.82, 2.24) is 0 Å². The first kappa shape index (κ1) is 42.3. The van der Waals surface area contributed by atoms with E-state index >= 15 is 0 Å². The molecule has 8 rings (SSSR count). The standard InChI is InChI=1S/C31H25O2P.C21H15BO6/c32-31(26-16-6-1-7-17-26)33-34(27-18-8-2-9-19-27,28-20-10-3-11-21-28,29-22-12-4-13-23-29)30-24-14-5-15-25-30;23-19(16-10-4-1-5-11-16)26-22(27-20(24)17-12-6-2-7-13-17)28-21(25)18-14-8-3-9-15-18/h1-25H;1-15H. The average molecular weight is 835 g/mol. The third-order valence-electron chi connectivity index (χ3n) is 9.91. The topological polar surface area (TPSA) is 105 Å². The van der Waals surface area contributed by atoms with E-state index in [2.05, 4.69) is 48.5 Å². The van der Waals surface area contributed by atoms with Gasteiger partial charge in [0.15, 0.2) is 0 Å². The first-order valence-corrected chi connectivity index (χ1v) is 21.9. The van der Waals surface area contributed by atoms with E-state index in [0.717, 1.165) is 21.2 Å². The minimum atomic E-state index is -3.98. The summed E-state index contributed by atoms with van der Waals surface area (Å²) in [6.07, 6.45) is 0. The fourth-order valence-corrected chi connectivity index (χ4v) is 12.6. The van der Waals surface area contributed by atoms with Crippen LogP contribution >= 0.6 is 6.83 Å². The van der Waals surface area contributed by atoms with Crippen molar-refractivity contribution >= 4 is 59.2 Å². The van der Waals surface area contributed by atoms with Gasteiger partial charge in [0.1, 0.15) is 0 Å². The number of hydrogen-bond acceptors (Lipinski definition) is 8. The van der Waals surface area contributed by atoms with E-state index in [-0.39, 0.29) is 22.7 Å². The van der Waals surface area contributed by atoms with Gasteiger partial charge in [0.05, 0.1) is 16.7 Å². The molecule has 0 amide bonds. The van der Waals surface area contributed by atoms with Crippen LogP contribution in [0, 0.1) is 0 Å². The van der Waals surface area contributed by atoms with Crippen molar-refractivity contribution in [2.75, 3.05) is 0 Å². The molecule has 0 saturated heterocycles. The third kappa shape index (κ3) is 9.14. The molecule has 0 N–H and O–H groups in total. The first-order valence-electron chi connectivity index (χ1n) is 19.7. The molecule has 0 aromatic heterocycles. The molecule has 0 saturated carbocycles. The zero-order chi connectivity index (χ0) is 43.1. The van der Waals surface area contributed by atoms with Crippen molar-refractivity contribution in [3.05, 3.63) is 265 Å². The van der Waals surface area contributed by atoms with Crippen molar-refractivity contribution in [2.24, 2.45) is 0 Å². The zero-order valence-electron chi connectivity index (χ0n) is 33.4. The normalized spacial score (nSPS) is 11.2. The Hall–Kier alpha value is -7.87. The summed E-state index contributed by atoms with van der Waals surface area (Å²) in [5.74, 6) is -2.74. The van der Waals surface area contributed by atoms with Crippen LogP contribution in [0.3, 0.4) is 0 Å². The number of benzene rings is 8. The molecule has 8 aromatic rings. The second-order valence-electron chi connectivity index (χ2n) is 13.7. The van der Waals surface area contributed by atoms with Gasteiger partial charge in [-0.15, -0.1) is 0 Å². The Bertz CT molecular complexity index is 2400. The summed E-state index contributed by atoms with van der Waals surface area (Å²) >= 11 is 0. The summed E-state index contributed by atoms with van der Waals surface area (Å²) in [5, 5.41) is 3.89. The molecule has 8 nitrogen and oxygen atoms in total. The minimum absolute atomic E-state index is 0.221. The predicted molar refractivity (Wildman–Crippen MR) is 244 cm³/mol. The molecule has 0 heterocycles. The number of rotatable bonds is 12. The van der Waals surface area contributed by atoms with Crippen LogP contribution in [0.1, 0.15) is 41.4 Å². The molecular weight excluding hydrogens is 794 g/mol. The number of hydrogen-bond donors (Lipinski definition) is 0. The van der Waals surface area contributed by atoms with Crippen molar-refractivity contribution in [3.8, 4) is 0 Å². The van der Waals surface area contributed by atoms with Crippen LogP contribution in [0.2, 0.25) is 0 Å². The Morgan fingerprint density at radius 3 is 0.694 bits per heavy atom. The quantitative estimate of drug-likeness (QED) is 0.0887. The Morgan fingerprint density at radius 2 is 0.468 bits per heavy atom. The molecule has 0 aliphatic carbocycles. The van der Waals surface area contributed by atoms with Gasteiger partial charge >= 0.3 is 226 Å².